The lowest BCUT2D eigenvalue weighted by atomic mass is 9.99. The van der Waals surface area contributed by atoms with E-state index >= 15 is 0 Å². The zero-order chi connectivity index (χ0) is 21.5. The number of rotatable bonds is 4. The van der Waals surface area contributed by atoms with E-state index in [0.29, 0.717) is 6.04 Å². The molecule has 5 rings (SSSR count). The summed E-state index contributed by atoms with van der Waals surface area (Å²) in [6.07, 6.45) is 4.61. The Kier molecular flexibility index (Phi) is 5.35. The van der Waals surface area contributed by atoms with Gasteiger partial charge in [0.05, 0.1) is 11.6 Å². The Morgan fingerprint density at radius 3 is 2.58 bits per heavy atom. The SMILES string of the molecule is Cc1ccc2cc(C(c3nnnn3C3CCCC3)N3CCN(C)CC3)c(=O)[nH]c2c1C. The van der Waals surface area contributed by atoms with Gasteiger partial charge in [0, 0.05) is 31.7 Å². The van der Waals surface area contributed by atoms with Crippen molar-refractivity contribution in [3.05, 3.63) is 51.1 Å². The third-order valence-electron chi connectivity index (χ3n) is 7.21. The summed E-state index contributed by atoms with van der Waals surface area (Å²) in [5.74, 6) is 0.796. The van der Waals surface area contributed by atoms with Crippen molar-refractivity contribution in [1.82, 2.24) is 35.0 Å². The van der Waals surface area contributed by atoms with Crippen LogP contribution in [0.3, 0.4) is 0 Å². The zero-order valence-electron chi connectivity index (χ0n) is 18.6. The van der Waals surface area contributed by atoms with Crippen molar-refractivity contribution < 1.29 is 0 Å². The molecule has 0 radical (unpaired) electrons. The molecule has 0 spiro atoms. The Morgan fingerprint density at radius 1 is 1.10 bits per heavy atom. The van der Waals surface area contributed by atoms with Crippen LogP contribution in [0.15, 0.2) is 23.0 Å². The fourth-order valence-electron chi connectivity index (χ4n) is 5.11. The largest absolute Gasteiger partial charge is 0.321 e. The van der Waals surface area contributed by atoms with Crippen molar-refractivity contribution in [3.8, 4) is 0 Å². The molecule has 1 aromatic carbocycles. The lowest BCUT2D eigenvalue weighted by Crippen LogP contribution is -2.47. The highest BCUT2D eigenvalue weighted by atomic mass is 16.1. The maximum atomic E-state index is 13.4. The van der Waals surface area contributed by atoms with Gasteiger partial charge in [0.25, 0.3) is 5.56 Å². The number of pyridine rings is 1. The Morgan fingerprint density at radius 2 is 1.84 bits per heavy atom. The highest BCUT2D eigenvalue weighted by molar-refractivity contribution is 5.83. The van der Waals surface area contributed by atoms with Gasteiger partial charge in [-0.3, -0.25) is 9.69 Å². The van der Waals surface area contributed by atoms with Gasteiger partial charge < -0.3 is 9.88 Å². The van der Waals surface area contributed by atoms with Crippen LogP contribution in [0.1, 0.15) is 60.3 Å². The van der Waals surface area contributed by atoms with Crippen molar-refractivity contribution in [2.75, 3.05) is 33.2 Å². The van der Waals surface area contributed by atoms with Crippen LogP contribution >= 0.6 is 0 Å². The summed E-state index contributed by atoms with van der Waals surface area (Å²) in [4.78, 5) is 21.3. The molecule has 1 N–H and O–H groups in total. The molecule has 8 heteroatoms. The summed E-state index contributed by atoms with van der Waals surface area (Å²) in [7, 11) is 2.14. The molecule has 0 bridgehead atoms. The van der Waals surface area contributed by atoms with Crippen LogP contribution in [0.2, 0.25) is 0 Å². The molecule has 1 saturated carbocycles. The van der Waals surface area contributed by atoms with Gasteiger partial charge in [0.1, 0.15) is 6.04 Å². The molecular formula is C23H31N7O. The van der Waals surface area contributed by atoms with E-state index in [1.165, 1.54) is 18.4 Å². The molecule has 1 atom stereocenters. The van der Waals surface area contributed by atoms with E-state index in [1.54, 1.807) is 0 Å². The molecule has 1 unspecified atom stereocenters. The van der Waals surface area contributed by atoms with Crippen molar-refractivity contribution >= 4 is 10.9 Å². The van der Waals surface area contributed by atoms with Gasteiger partial charge >= 0.3 is 0 Å². The number of benzene rings is 1. The molecule has 2 aliphatic rings. The van der Waals surface area contributed by atoms with Crippen molar-refractivity contribution in [3.63, 3.8) is 0 Å². The quantitative estimate of drug-likeness (QED) is 0.697. The Labute approximate surface area is 182 Å². The predicted octanol–water partition coefficient (Wildman–Crippen LogP) is 2.58. The number of likely N-dealkylation sites (N-methyl/N-ethyl adjacent to an activating group) is 1. The summed E-state index contributed by atoms with van der Waals surface area (Å²) in [5, 5.41) is 14.0. The maximum absolute atomic E-state index is 13.4. The van der Waals surface area contributed by atoms with Crippen LogP contribution in [0.25, 0.3) is 10.9 Å². The lowest BCUT2D eigenvalue weighted by Gasteiger charge is -2.37. The van der Waals surface area contributed by atoms with E-state index in [-0.39, 0.29) is 11.6 Å². The number of tetrazole rings is 1. The van der Waals surface area contributed by atoms with Gasteiger partial charge in [0.15, 0.2) is 5.82 Å². The number of fused-ring (bicyclic) bond motifs is 1. The summed E-state index contributed by atoms with van der Waals surface area (Å²) >= 11 is 0. The minimum Gasteiger partial charge on any atom is -0.321 e. The molecule has 1 aliphatic carbocycles. The zero-order valence-corrected chi connectivity index (χ0v) is 18.6. The average Bonchev–Trinajstić information content (AvgIpc) is 3.45. The number of piperazine rings is 1. The fourth-order valence-corrected chi connectivity index (χ4v) is 5.11. The van der Waals surface area contributed by atoms with Gasteiger partial charge in [-0.15, -0.1) is 5.10 Å². The first kappa shape index (κ1) is 20.3. The molecule has 2 fully saturated rings. The summed E-state index contributed by atoms with van der Waals surface area (Å²) < 4.78 is 2.00. The smallest absolute Gasteiger partial charge is 0.253 e. The number of H-pyrrole nitrogens is 1. The maximum Gasteiger partial charge on any atom is 0.253 e. The normalized spacial score (nSPS) is 20.0. The van der Waals surface area contributed by atoms with Crippen LogP contribution < -0.4 is 5.56 Å². The molecule has 164 valence electrons. The number of nitrogens with zero attached hydrogens (tertiary/aromatic N) is 6. The Balaban J connectivity index is 1.65. The topological polar surface area (TPSA) is 82.9 Å². The van der Waals surface area contributed by atoms with Crippen LogP contribution in [-0.4, -0.2) is 68.2 Å². The molecule has 2 aromatic heterocycles. The van der Waals surface area contributed by atoms with E-state index < -0.39 is 0 Å². The van der Waals surface area contributed by atoms with Crippen molar-refractivity contribution in [1.29, 1.82) is 0 Å². The molecule has 1 aliphatic heterocycles. The van der Waals surface area contributed by atoms with Crippen LogP contribution in [0, 0.1) is 13.8 Å². The number of aromatic amines is 1. The Bertz CT molecular complexity index is 1140. The molecule has 0 amide bonds. The molecule has 31 heavy (non-hydrogen) atoms. The minimum absolute atomic E-state index is 0.0499. The van der Waals surface area contributed by atoms with Crippen LogP contribution in [0.5, 0.6) is 0 Å². The summed E-state index contributed by atoms with van der Waals surface area (Å²) in [6, 6.07) is 6.34. The standard InChI is InChI=1S/C23H31N7O/c1-15-8-9-17-14-19(23(31)24-20(17)16(15)2)21(29-12-10-28(3)11-13-29)22-25-26-27-30(22)18-6-4-5-7-18/h8-9,14,18,21H,4-7,10-13H2,1-3H3,(H,24,31). The average molecular weight is 422 g/mol. The van der Waals surface area contributed by atoms with Gasteiger partial charge in [-0.1, -0.05) is 25.0 Å². The number of hydrogen-bond acceptors (Lipinski definition) is 6. The number of hydrogen-bond donors (Lipinski definition) is 1. The van der Waals surface area contributed by atoms with Crippen molar-refractivity contribution in [2.24, 2.45) is 0 Å². The number of aryl methyl sites for hydroxylation is 2. The monoisotopic (exact) mass is 421 g/mol. The van der Waals surface area contributed by atoms with E-state index in [0.717, 1.165) is 66.9 Å². The van der Waals surface area contributed by atoms with E-state index in [1.807, 2.05) is 4.68 Å². The number of aromatic nitrogens is 5. The van der Waals surface area contributed by atoms with E-state index in [2.05, 4.69) is 69.4 Å². The second-order valence-corrected chi connectivity index (χ2v) is 9.19. The first-order chi connectivity index (χ1) is 15.0. The molecular weight excluding hydrogens is 390 g/mol. The van der Waals surface area contributed by atoms with Crippen LogP contribution in [-0.2, 0) is 0 Å². The van der Waals surface area contributed by atoms with Gasteiger partial charge in [0.2, 0.25) is 0 Å². The van der Waals surface area contributed by atoms with Gasteiger partial charge in [-0.2, -0.15) is 0 Å². The third kappa shape index (κ3) is 3.68. The lowest BCUT2D eigenvalue weighted by molar-refractivity contribution is 0.120. The van der Waals surface area contributed by atoms with Crippen LogP contribution in [0.4, 0.5) is 0 Å². The minimum atomic E-state index is -0.251. The highest BCUT2D eigenvalue weighted by Crippen LogP contribution is 2.34. The first-order valence-corrected chi connectivity index (χ1v) is 11.4. The Hall–Kier alpha value is -2.58. The third-order valence-corrected chi connectivity index (χ3v) is 7.21. The second-order valence-electron chi connectivity index (χ2n) is 9.19. The number of nitrogens with one attached hydrogen (secondary N) is 1. The molecule has 8 nitrogen and oxygen atoms in total. The highest BCUT2D eigenvalue weighted by Gasteiger charge is 2.34. The van der Waals surface area contributed by atoms with E-state index in [9.17, 15) is 4.79 Å². The fraction of sp³-hybridized carbons (Fsp3) is 0.565. The van der Waals surface area contributed by atoms with E-state index in [4.69, 9.17) is 0 Å². The molecule has 3 heterocycles. The first-order valence-electron chi connectivity index (χ1n) is 11.4. The molecule has 3 aromatic rings. The van der Waals surface area contributed by atoms with Gasteiger partial charge in [-0.05, 0) is 66.7 Å². The second kappa shape index (κ2) is 8.16. The summed E-state index contributed by atoms with van der Waals surface area (Å²) in [6.45, 7) is 7.82. The van der Waals surface area contributed by atoms with Gasteiger partial charge in [-0.25, -0.2) is 4.68 Å². The van der Waals surface area contributed by atoms with Crippen molar-refractivity contribution in [2.45, 2.75) is 51.6 Å². The predicted molar refractivity (Wildman–Crippen MR) is 120 cm³/mol. The summed E-state index contributed by atoms with van der Waals surface area (Å²) in [5.41, 5.74) is 3.89. The molecule has 1 saturated heterocycles.